The number of carbonyl (C=O) groups is 4. The molecule has 0 radical (unpaired) electrons. The molecule has 1 heterocycles. The first kappa shape index (κ1) is 27.3. The second-order valence-corrected chi connectivity index (χ2v) is 8.25. The fourth-order valence-corrected chi connectivity index (χ4v) is 3.01. The van der Waals surface area contributed by atoms with Gasteiger partial charge in [0.25, 0.3) is 0 Å². The molecule has 10 nitrogen and oxygen atoms in total. The quantitative estimate of drug-likeness (QED) is 0.578. The number of nitrogens with two attached hydrogens (primary N) is 1. The molecular formula is C23H29N3O7. The molecule has 0 spiro atoms. The molecule has 0 bridgehead atoms. The summed E-state index contributed by atoms with van der Waals surface area (Å²) in [5.41, 5.74) is 8.25. The summed E-state index contributed by atoms with van der Waals surface area (Å²) in [4.78, 5) is 47.4. The number of rotatable bonds is 3. The van der Waals surface area contributed by atoms with Crippen molar-refractivity contribution < 1.29 is 34.9 Å². The Morgan fingerprint density at radius 3 is 1.91 bits per heavy atom. The number of aliphatic carboxylic acids is 2. The predicted molar refractivity (Wildman–Crippen MR) is 124 cm³/mol. The minimum absolute atomic E-state index is 0. The Morgan fingerprint density at radius 1 is 0.939 bits per heavy atom. The van der Waals surface area contributed by atoms with E-state index in [2.05, 4.69) is 0 Å². The predicted octanol–water partition coefficient (Wildman–Crippen LogP) is 1.44. The van der Waals surface area contributed by atoms with E-state index < -0.39 is 23.4 Å². The molecule has 0 aliphatic carbocycles. The van der Waals surface area contributed by atoms with Gasteiger partial charge in [-0.15, -0.1) is 0 Å². The highest BCUT2D eigenvalue weighted by Crippen LogP contribution is 2.37. The van der Waals surface area contributed by atoms with Crippen LogP contribution in [0.3, 0.4) is 0 Å². The number of hydrogen-bond acceptors (Lipinski definition) is 6. The zero-order valence-corrected chi connectivity index (χ0v) is 18.7. The first-order valence-corrected chi connectivity index (χ1v) is 9.91. The Hall–Kier alpha value is -3.76. The number of hydrogen-bond donors (Lipinski definition) is 3. The van der Waals surface area contributed by atoms with E-state index in [9.17, 15) is 9.59 Å². The average molecular weight is 459 g/mol. The van der Waals surface area contributed by atoms with Crippen LogP contribution in [0.25, 0.3) is 0 Å². The molecule has 33 heavy (non-hydrogen) atoms. The summed E-state index contributed by atoms with van der Waals surface area (Å²) in [6.45, 7) is 5.97. The number of carbonyl (C=O) groups excluding carboxylic acids is 2. The second kappa shape index (κ2) is 11.2. The Labute approximate surface area is 191 Å². The standard InChI is InChI=1S/C21H25N3O2.C2H2O4.H2O/c1-21(2,3)19(25)14-24-18-12-8-7-11-17(18)23(13-16(22)20(24)26)15-9-5-4-6-10-15;3-1(4)2(5)6;/h4-12,16H,13-14,22H2,1-3H3;(H,3,4)(H,5,6);1H2. The van der Waals surface area contributed by atoms with Crippen molar-refractivity contribution in [3.05, 3.63) is 54.6 Å². The third-order valence-electron chi connectivity index (χ3n) is 4.81. The number of benzene rings is 2. The van der Waals surface area contributed by atoms with E-state index in [4.69, 9.17) is 25.5 Å². The van der Waals surface area contributed by atoms with E-state index in [-0.39, 0.29) is 23.7 Å². The van der Waals surface area contributed by atoms with Crippen molar-refractivity contribution in [2.24, 2.45) is 11.1 Å². The number of carboxylic acids is 2. The van der Waals surface area contributed by atoms with Gasteiger partial charge in [-0.2, -0.15) is 0 Å². The molecule has 1 aliphatic rings. The van der Waals surface area contributed by atoms with Crippen molar-refractivity contribution >= 4 is 40.7 Å². The van der Waals surface area contributed by atoms with Crippen LogP contribution in [0.2, 0.25) is 0 Å². The molecule has 2 aromatic rings. The van der Waals surface area contributed by atoms with E-state index in [1.165, 1.54) is 4.90 Å². The highest BCUT2D eigenvalue weighted by atomic mass is 16.4. The molecule has 3 rings (SSSR count). The van der Waals surface area contributed by atoms with Gasteiger partial charge in [0.2, 0.25) is 5.91 Å². The maximum absolute atomic E-state index is 13.0. The van der Waals surface area contributed by atoms with Crippen LogP contribution in [0, 0.1) is 5.41 Å². The van der Waals surface area contributed by atoms with Crippen LogP contribution in [-0.4, -0.2) is 58.4 Å². The minimum atomic E-state index is -1.82. The molecule has 0 aromatic heterocycles. The first-order chi connectivity index (χ1) is 14.9. The summed E-state index contributed by atoms with van der Waals surface area (Å²) in [5, 5.41) is 14.8. The molecule has 0 saturated heterocycles. The Kier molecular flexibility index (Phi) is 9.26. The van der Waals surface area contributed by atoms with E-state index in [0.717, 1.165) is 11.4 Å². The third-order valence-corrected chi connectivity index (χ3v) is 4.81. The molecule has 1 aliphatic heterocycles. The van der Waals surface area contributed by atoms with Crippen LogP contribution >= 0.6 is 0 Å². The van der Waals surface area contributed by atoms with Gasteiger partial charge in [0.15, 0.2) is 5.78 Å². The van der Waals surface area contributed by atoms with Crippen LogP contribution in [0.5, 0.6) is 0 Å². The van der Waals surface area contributed by atoms with Gasteiger partial charge >= 0.3 is 11.9 Å². The van der Waals surface area contributed by atoms with Crippen molar-refractivity contribution in [3.63, 3.8) is 0 Å². The van der Waals surface area contributed by atoms with Gasteiger partial charge in [0.1, 0.15) is 6.04 Å². The summed E-state index contributed by atoms with van der Waals surface area (Å²) in [7, 11) is 0. The lowest BCUT2D eigenvalue weighted by atomic mass is 9.90. The number of ketones is 1. The van der Waals surface area contributed by atoms with Gasteiger partial charge in [-0.25, -0.2) is 9.59 Å². The van der Waals surface area contributed by atoms with Crippen molar-refractivity contribution in [2.45, 2.75) is 26.8 Å². The molecule has 1 amide bonds. The number of para-hydroxylation sites is 3. The molecule has 0 saturated carbocycles. The highest BCUT2D eigenvalue weighted by Gasteiger charge is 2.35. The van der Waals surface area contributed by atoms with Crippen LogP contribution in [0.4, 0.5) is 17.1 Å². The number of amides is 1. The smallest absolute Gasteiger partial charge is 0.414 e. The Balaban J connectivity index is 0.000000691. The van der Waals surface area contributed by atoms with E-state index >= 15 is 0 Å². The van der Waals surface area contributed by atoms with Crippen LogP contribution in [-0.2, 0) is 19.2 Å². The average Bonchev–Trinajstić information content (AvgIpc) is 2.84. The van der Waals surface area contributed by atoms with Crippen LogP contribution in [0.1, 0.15) is 20.8 Å². The number of carboxylic acid groups (broad SMARTS) is 2. The number of fused-ring (bicyclic) bond motifs is 1. The highest BCUT2D eigenvalue weighted by molar-refractivity contribution is 6.27. The topological polar surface area (TPSA) is 173 Å². The Morgan fingerprint density at radius 2 is 1.42 bits per heavy atom. The van der Waals surface area contributed by atoms with Crippen molar-refractivity contribution in [1.82, 2.24) is 0 Å². The van der Waals surface area contributed by atoms with Gasteiger partial charge < -0.3 is 31.2 Å². The number of nitrogens with zero attached hydrogens (tertiary/aromatic N) is 2. The molecule has 2 aromatic carbocycles. The minimum Gasteiger partial charge on any atom is -0.473 e. The van der Waals surface area contributed by atoms with Gasteiger partial charge in [-0.1, -0.05) is 51.1 Å². The monoisotopic (exact) mass is 459 g/mol. The summed E-state index contributed by atoms with van der Waals surface area (Å²) in [6, 6.07) is 16.8. The van der Waals surface area contributed by atoms with E-state index in [1.807, 2.05) is 80.3 Å². The molecule has 1 atom stereocenters. The zero-order chi connectivity index (χ0) is 24.1. The van der Waals surface area contributed by atoms with Crippen LogP contribution < -0.4 is 15.5 Å². The van der Waals surface area contributed by atoms with Crippen molar-refractivity contribution in [1.29, 1.82) is 0 Å². The lowest BCUT2D eigenvalue weighted by Gasteiger charge is -2.28. The van der Waals surface area contributed by atoms with Gasteiger partial charge in [-0.05, 0) is 24.3 Å². The molecule has 10 heteroatoms. The lowest BCUT2D eigenvalue weighted by Crippen LogP contribution is -2.49. The maximum Gasteiger partial charge on any atom is 0.414 e. The lowest BCUT2D eigenvalue weighted by molar-refractivity contribution is -0.159. The van der Waals surface area contributed by atoms with E-state index in [0.29, 0.717) is 12.2 Å². The Bertz CT molecular complexity index is 991. The molecule has 1 unspecified atom stereocenters. The molecule has 6 N–H and O–H groups in total. The van der Waals surface area contributed by atoms with Crippen molar-refractivity contribution in [3.8, 4) is 0 Å². The third kappa shape index (κ3) is 6.86. The molecule has 178 valence electrons. The summed E-state index contributed by atoms with van der Waals surface area (Å²) in [5.74, 6) is -3.88. The largest absolute Gasteiger partial charge is 0.473 e. The summed E-state index contributed by atoms with van der Waals surface area (Å²) < 4.78 is 0. The second-order valence-electron chi connectivity index (χ2n) is 8.25. The zero-order valence-electron chi connectivity index (χ0n) is 18.7. The first-order valence-electron chi connectivity index (χ1n) is 9.91. The molecular weight excluding hydrogens is 430 g/mol. The van der Waals surface area contributed by atoms with Crippen LogP contribution in [0.15, 0.2) is 54.6 Å². The fraction of sp³-hybridized carbons (Fsp3) is 0.304. The van der Waals surface area contributed by atoms with Crippen molar-refractivity contribution in [2.75, 3.05) is 22.9 Å². The fourth-order valence-electron chi connectivity index (χ4n) is 3.01. The summed E-state index contributed by atoms with van der Waals surface area (Å²) >= 11 is 0. The normalized spacial score (nSPS) is 15.3. The molecule has 0 fully saturated rings. The number of anilines is 3. The van der Waals surface area contributed by atoms with Gasteiger partial charge in [0, 0.05) is 17.6 Å². The maximum atomic E-state index is 13.0. The number of Topliss-reactive ketones (excluding diaryl/α,β-unsaturated/α-hetero) is 1. The summed E-state index contributed by atoms with van der Waals surface area (Å²) in [6.07, 6.45) is 0. The van der Waals surface area contributed by atoms with Gasteiger partial charge in [0.05, 0.1) is 17.9 Å². The SMILES string of the molecule is CC(C)(C)C(=O)CN1C(=O)C(N)CN(c2ccccc2)c2ccccc21.O.O=C(O)C(=O)O. The van der Waals surface area contributed by atoms with Gasteiger partial charge in [-0.3, -0.25) is 9.59 Å². The van der Waals surface area contributed by atoms with E-state index in [1.54, 1.807) is 0 Å².